The third-order valence-corrected chi connectivity index (χ3v) is 4.81. The van der Waals surface area contributed by atoms with Crippen LogP contribution in [-0.2, 0) is 10.0 Å². The molecule has 3 rings (SSSR count). The topological polar surface area (TPSA) is 74.8 Å². The maximum Gasteiger partial charge on any atom is 0.261 e. The van der Waals surface area contributed by atoms with E-state index in [0.717, 1.165) is 22.6 Å². The fourth-order valence-corrected chi connectivity index (χ4v) is 3.47. The smallest absolute Gasteiger partial charge is 0.261 e. The Morgan fingerprint density at radius 3 is 2.52 bits per heavy atom. The van der Waals surface area contributed by atoms with Gasteiger partial charge in [-0.15, -0.1) is 0 Å². The molecule has 118 valence electrons. The molecule has 0 aliphatic heterocycles. The zero-order valence-corrected chi connectivity index (χ0v) is 13.7. The molecule has 0 saturated heterocycles. The molecule has 0 aliphatic rings. The van der Waals surface area contributed by atoms with E-state index < -0.39 is 10.0 Å². The molecule has 23 heavy (non-hydrogen) atoms. The Hall–Kier alpha value is -2.60. The fourth-order valence-electron chi connectivity index (χ4n) is 2.31. The largest absolute Gasteiger partial charge is 0.342 e. The molecule has 0 spiro atoms. The summed E-state index contributed by atoms with van der Waals surface area (Å²) in [5.74, 6) is 0.811. The first-order valence-electron chi connectivity index (χ1n) is 7.15. The number of sulfonamides is 1. The molecule has 3 aromatic rings. The van der Waals surface area contributed by atoms with Crippen LogP contribution in [0, 0.1) is 13.8 Å². The van der Waals surface area contributed by atoms with Crippen LogP contribution in [0.15, 0.2) is 59.6 Å². The van der Waals surface area contributed by atoms with Crippen LogP contribution in [0.4, 0.5) is 5.69 Å². The third-order valence-electron chi connectivity index (χ3n) is 3.43. The second-order valence-electron chi connectivity index (χ2n) is 5.39. The number of hydrogen-bond acceptors (Lipinski definition) is 3. The van der Waals surface area contributed by atoms with Gasteiger partial charge in [-0.25, -0.2) is 13.4 Å². The summed E-state index contributed by atoms with van der Waals surface area (Å²) >= 11 is 0. The van der Waals surface area contributed by atoms with Gasteiger partial charge in [0, 0.05) is 11.3 Å². The zero-order valence-electron chi connectivity index (χ0n) is 12.9. The highest BCUT2D eigenvalue weighted by Gasteiger charge is 2.14. The molecule has 0 fully saturated rings. The minimum atomic E-state index is -3.61. The second kappa shape index (κ2) is 5.89. The number of nitrogens with one attached hydrogen (secondary N) is 2. The normalized spacial score (nSPS) is 11.4. The van der Waals surface area contributed by atoms with Gasteiger partial charge in [0.15, 0.2) is 0 Å². The van der Waals surface area contributed by atoms with E-state index in [-0.39, 0.29) is 4.90 Å². The summed E-state index contributed by atoms with van der Waals surface area (Å²) in [4.78, 5) is 7.54. The highest BCUT2D eigenvalue weighted by molar-refractivity contribution is 7.92. The number of imidazole rings is 1. The number of nitrogens with zero attached hydrogens (tertiary/aromatic N) is 1. The van der Waals surface area contributed by atoms with Gasteiger partial charge in [0.25, 0.3) is 10.0 Å². The van der Waals surface area contributed by atoms with Gasteiger partial charge in [-0.05, 0) is 43.7 Å². The molecular weight excluding hydrogens is 310 g/mol. The highest BCUT2D eigenvalue weighted by atomic mass is 32.2. The van der Waals surface area contributed by atoms with Gasteiger partial charge < -0.3 is 4.98 Å². The van der Waals surface area contributed by atoms with E-state index in [1.54, 1.807) is 42.6 Å². The summed E-state index contributed by atoms with van der Waals surface area (Å²) in [5.41, 5.74) is 3.12. The lowest BCUT2D eigenvalue weighted by atomic mass is 10.1. The first kappa shape index (κ1) is 15.3. The number of hydrogen-bond donors (Lipinski definition) is 2. The fraction of sp³-hybridized carbons (Fsp3) is 0.118. The van der Waals surface area contributed by atoms with Crippen molar-refractivity contribution in [2.24, 2.45) is 0 Å². The van der Waals surface area contributed by atoms with Crippen LogP contribution in [0.2, 0.25) is 0 Å². The molecule has 0 bridgehead atoms. The number of benzene rings is 2. The number of H-pyrrole nitrogens is 1. The minimum Gasteiger partial charge on any atom is -0.342 e. The van der Waals surface area contributed by atoms with Gasteiger partial charge in [0.05, 0.1) is 16.8 Å². The van der Waals surface area contributed by atoms with E-state index >= 15 is 0 Å². The second-order valence-corrected chi connectivity index (χ2v) is 7.07. The predicted octanol–water partition coefficient (Wildman–Crippen LogP) is 3.49. The molecular formula is C17H17N3O2S. The van der Waals surface area contributed by atoms with Gasteiger partial charge >= 0.3 is 0 Å². The van der Waals surface area contributed by atoms with Crippen molar-refractivity contribution in [3.63, 3.8) is 0 Å². The molecule has 0 unspecified atom stereocenters. The van der Waals surface area contributed by atoms with E-state index in [2.05, 4.69) is 14.7 Å². The van der Waals surface area contributed by atoms with Crippen molar-refractivity contribution in [1.82, 2.24) is 9.97 Å². The summed E-state index contributed by atoms with van der Waals surface area (Å²) in [7, 11) is -3.61. The van der Waals surface area contributed by atoms with Crippen LogP contribution in [-0.4, -0.2) is 18.4 Å². The van der Waals surface area contributed by atoms with Crippen LogP contribution in [0.1, 0.15) is 11.4 Å². The average Bonchev–Trinajstić information content (AvgIpc) is 2.94. The van der Waals surface area contributed by atoms with E-state index in [9.17, 15) is 8.42 Å². The van der Waals surface area contributed by atoms with Crippen molar-refractivity contribution < 1.29 is 8.42 Å². The van der Waals surface area contributed by atoms with Gasteiger partial charge in [-0.3, -0.25) is 4.72 Å². The lowest BCUT2D eigenvalue weighted by molar-refractivity contribution is 0.601. The molecule has 6 heteroatoms. The standard InChI is InChI=1S/C17H17N3O2S/c1-12-5-3-8-16(9-12)23(21,22)20-15-7-4-6-14(10-15)17-11-18-13(2)19-17/h3-11,20H,1-2H3,(H,18,19). The zero-order chi connectivity index (χ0) is 16.4. The van der Waals surface area contributed by atoms with Crippen LogP contribution in [0.25, 0.3) is 11.3 Å². The number of aromatic nitrogens is 2. The molecule has 0 radical (unpaired) electrons. The molecule has 1 heterocycles. The summed E-state index contributed by atoms with van der Waals surface area (Å²) in [5, 5.41) is 0. The Balaban J connectivity index is 1.91. The Kier molecular flexibility index (Phi) is 3.92. The predicted molar refractivity (Wildman–Crippen MR) is 90.7 cm³/mol. The maximum absolute atomic E-state index is 12.5. The SMILES string of the molecule is Cc1cccc(S(=O)(=O)Nc2cccc(-c3cnc(C)[nH]3)c2)c1. The Bertz CT molecular complexity index is 946. The average molecular weight is 327 g/mol. The van der Waals surface area contributed by atoms with E-state index in [0.29, 0.717) is 5.69 Å². The first-order valence-corrected chi connectivity index (χ1v) is 8.64. The number of rotatable bonds is 4. The lowest BCUT2D eigenvalue weighted by Crippen LogP contribution is -2.13. The molecule has 0 atom stereocenters. The quantitative estimate of drug-likeness (QED) is 0.770. The first-order chi connectivity index (χ1) is 10.9. The van der Waals surface area contributed by atoms with Crippen molar-refractivity contribution in [2.75, 3.05) is 4.72 Å². The Morgan fingerprint density at radius 2 is 1.83 bits per heavy atom. The van der Waals surface area contributed by atoms with Crippen LogP contribution >= 0.6 is 0 Å². The molecule has 2 N–H and O–H groups in total. The summed E-state index contributed by atoms with van der Waals surface area (Å²) < 4.78 is 27.6. The molecule has 5 nitrogen and oxygen atoms in total. The van der Waals surface area contributed by atoms with Crippen molar-refractivity contribution >= 4 is 15.7 Å². The number of aryl methyl sites for hydroxylation is 2. The lowest BCUT2D eigenvalue weighted by Gasteiger charge is -2.09. The Morgan fingerprint density at radius 1 is 1.04 bits per heavy atom. The summed E-state index contributed by atoms with van der Waals surface area (Å²) in [6, 6.07) is 14.0. The Labute approximate surface area is 135 Å². The van der Waals surface area contributed by atoms with E-state index in [4.69, 9.17) is 0 Å². The third kappa shape index (κ3) is 3.43. The monoisotopic (exact) mass is 327 g/mol. The van der Waals surface area contributed by atoms with Crippen molar-refractivity contribution in [3.05, 3.63) is 66.1 Å². The van der Waals surface area contributed by atoms with Gasteiger partial charge in [-0.2, -0.15) is 0 Å². The molecule has 0 aliphatic carbocycles. The van der Waals surface area contributed by atoms with Gasteiger partial charge in [-0.1, -0.05) is 24.3 Å². The van der Waals surface area contributed by atoms with E-state index in [1.807, 2.05) is 26.0 Å². The van der Waals surface area contributed by atoms with Crippen molar-refractivity contribution in [3.8, 4) is 11.3 Å². The van der Waals surface area contributed by atoms with Crippen LogP contribution < -0.4 is 4.72 Å². The number of anilines is 1. The van der Waals surface area contributed by atoms with Crippen LogP contribution in [0.5, 0.6) is 0 Å². The van der Waals surface area contributed by atoms with E-state index in [1.165, 1.54) is 0 Å². The van der Waals surface area contributed by atoms with Gasteiger partial charge in [0.1, 0.15) is 5.82 Å². The summed E-state index contributed by atoms with van der Waals surface area (Å²) in [6.07, 6.45) is 1.73. The van der Waals surface area contributed by atoms with Crippen molar-refractivity contribution in [1.29, 1.82) is 0 Å². The molecule has 0 saturated carbocycles. The number of aromatic amines is 1. The van der Waals surface area contributed by atoms with Crippen molar-refractivity contribution in [2.45, 2.75) is 18.7 Å². The summed E-state index contributed by atoms with van der Waals surface area (Å²) in [6.45, 7) is 3.73. The minimum absolute atomic E-state index is 0.250. The molecule has 1 aromatic heterocycles. The molecule has 2 aromatic carbocycles. The molecule has 0 amide bonds. The van der Waals surface area contributed by atoms with Crippen LogP contribution in [0.3, 0.4) is 0 Å². The maximum atomic E-state index is 12.5. The highest BCUT2D eigenvalue weighted by Crippen LogP contribution is 2.23. The van der Waals surface area contributed by atoms with Gasteiger partial charge in [0.2, 0.25) is 0 Å².